The molecule has 1 aromatic carbocycles. The summed E-state index contributed by atoms with van der Waals surface area (Å²) in [5.41, 5.74) is 0.0155. The van der Waals surface area contributed by atoms with Crippen LogP contribution in [0.3, 0.4) is 0 Å². The molecule has 1 aliphatic heterocycles. The lowest BCUT2D eigenvalue weighted by atomic mass is 9.82. The third kappa shape index (κ3) is 3.18. The lowest BCUT2D eigenvalue weighted by Crippen LogP contribution is -2.38. The number of ketones is 1. The zero-order valence-corrected chi connectivity index (χ0v) is 12.9. The van der Waals surface area contributed by atoms with E-state index in [2.05, 4.69) is 0 Å². The number of allylic oxidation sites excluding steroid dienone is 1. The predicted molar refractivity (Wildman–Crippen MR) is 78.7 cm³/mol. The molecule has 0 radical (unpaired) electrons. The summed E-state index contributed by atoms with van der Waals surface area (Å²) >= 11 is 0. The summed E-state index contributed by atoms with van der Waals surface area (Å²) in [5.74, 6) is 0.0844. The molecule has 120 valence electrons. The minimum absolute atomic E-state index is 0.121. The number of carbonyl (C=O) groups excluding carboxylic acids is 1. The summed E-state index contributed by atoms with van der Waals surface area (Å²) in [7, 11) is 0. The average Bonchev–Trinajstić information content (AvgIpc) is 2.44. The Labute approximate surface area is 128 Å². The maximum Gasteiger partial charge on any atom is 0.416 e. The summed E-state index contributed by atoms with van der Waals surface area (Å²) in [6.07, 6.45) is -1.07. The molecule has 0 aromatic heterocycles. The van der Waals surface area contributed by atoms with Crippen LogP contribution in [0.15, 0.2) is 24.3 Å². The average molecular weight is 312 g/mol. The van der Waals surface area contributed by atoms with E-state index in [-0.39, 0.29) is 11.5 Å². The third-order valence-corrected chi connectivity index (χ3v) is 4.16. The summed E-state index contributed by atoms with van der Waals surface area (Å²) in [6, 6.07) is 3.45. The van der Waals surface area contributed by atoms with E-state index in [4.69, 9.17) is 4.74 Å². The highest BCUT2D eigenvalue weighted by Crippen LogP contribution is 2.45. The normalized spacial score (nSPS) is 18.7. The van der Waals surface area contributed by atoms with E-state index in [1.165, 1.54) is 19.1 Å². The Balaban J connectivity index is 2.58. The van der Waals surface area contributed by atoms with Crippen molar-refractivity contribution < 1.29 is 22.7 Å². The number of ether oxygens (including phenoxy) is 1. The van der Waals surface area contributed by atoms with Crippen molar-refractivity contribution in [1.29, 1.82) is 0 Å². The second-order valence-electron chi connectivity index (χ2n) is 5.66. The smallest absolute Gasteiger partial charge is 0.416 e. The Hall–Kier alpha value is -1.78. The number of carbonyl (C=O) groups is 1. The maximum atomic E-state index is 12.9. The Morgan fingerprint density at radius 2 is 1.95 bits per heavy atom. The number of fused-ring (bicyclic) bond motifs is 1. The van der Waals surface area contributed by atoms with E-state index >= 15 is 0 Å². The van der Waals surface area contributed by atoms with Crippen molar-refractivity contribution in [3.63, 3.8) is 0 Å². The zero-order valence-electron chi connectivity index (χ0n) is 12.9. The molecule has 5 heteroatoms. The van der Waals surface area contributed by atoms with Gasteiger partial charge in [-0.2, -0.15) is 13.2 Å². The maximum absolute atomic E-state index is 12.9. The van der Waals surface area contributed by atoms with E-state index in [9.17, 15) is 18.0 Å². The number of hydrogen-bond acceptors (Lipinski definition) is 2. The molecule has 0 unspecified atom stereocenters. The van der Waals surface area contributed by atoms with Crippen LogP contribution in [-0.2, 0) is 11.0 Å². The van der Waals surface area contributed by atoms with Crippen LogP contribution in [0.4, 0.5) is 13.2 Å². The van der Waals surface area contributed by atoms with Gasteiger partial charge < -0.3 is 4.74 Å². The molecular weight excluding hydrogens is 293 g/mol. The first kappa shape index (κ1) is 16.6. The molecule has 0 fully saturated rings. The summed E-state index contributed by atoms with van der Waals surface area (Å²) in [5, 5.41) is 0. The van der Waals surface area contributed by atoms with Crippen LogP contribution in [0.5, 0.6) is 5.75 Å². The van der Waals surface area contributed by atoms with Crippen molar-refractivity contribution in [1.82, 2.24) is 0 Å². The first-order valence-corrected chi connectivity index (χ1v) is 7.32. The van der Waals surface area contributed by atoms with Crippen molar-refractivity contribution in [3.8, 4) is 5.75 Å². The van der Waals surface area contributed by atoms with Crippen LogP contribution >= 0.6 is 0 Å². The van der Waals surface area contributed by atoms with Crippen LogP contribution in [0.1, 0.15) is 51.2 Å². The first-order chi connectivity index (χ1) is 10.2. The van der Waals surface area contributed by atoms with Gasteiger partial charge >= 0.3 is 6.18 Å². The van der Waals surface area contributed by atoms with Gasteiger partial charge in [-0.1, -0.05) is 19.9 Å². The van der Waals surface area contributed by atoms with Crippen molar-refractivity contribution >= 4 is 11.4 Å². The van der Waals surface area contributed by atoms with Crippen LogP contribution in [0.2, 0.25) is 0 Å². The lowest BCUT2D eigenvalue weighted by molar-refractivity contribution is -0.137. The highest BCUT2D eigenvalue weighted by molar-refractivity contribution is 5.96. The van der Waals surface area contributed by atoms with Crippen molar-refractivity contribution in [3.05, 3.63) is 35.4 Å². The fourth-order valence-corrected chi connectivity index (χ4v) is 2.78. The number of benzene rings is 1. The number of rotatable bonds is 3. The molecule has 22 heavy (non-hydrogen) atoms. The van der Waals surface area contributed by atoms with Gasteiger partial charge in [-0.15, -0.1) is 0 Å². The SMILES string of the molecule is CCC1(CC)C/C(=C\C(C)=O)c2ccc(C(F)(F)F)cc2O1. The topological polar surface area (TPSA) is 26.3 Å². The minimum Gasteiger partial charge on any atom is -0.486 e. The molecule has 0 N–H and O–H groups in total. The van der Waals surface area contributed by atoms with E-state index in [0.29, 0.717) is 24.8 Å². The van der Waals surface area contributed by atoms with Crippen molar-refractivity contribution in [2.75, 3.05) is 0 Å². The highest BCUT2D eigenvalue weighted by atomic mass is 19.4. The number of hydrogen-bond donors (Lipinski definition) is 0. The summed E-state index contributed by atoms with van der Waals surface area (Å²) < 4.78 is 44.6. The summed E-state index contributed by atoms with van der Waals surface area (Å²) in [6.45, 7) is 5.31. The first-order valence-electron chi connectivity index (χ1n) is 7.32. The predicted octanol–water partition coefficient (Wildman–Crippen LogP) is 5.02. The molecule has 1 heterocycles. The number of halogens is 3. The van der Waals surface area contributed by atoms with Gasteiger partial charge in [0.05, 0.1) is 5.56 Å². The molecule has 0 bridgehead atoms. The second-order valence-corrected chi connectivity index (χ2v) is 5.66. The van der Waals surface area contributed by atoms with Gasteiger partial charge in [0.15, 0.2) is 5.78 Å². The lowest BCUT2D eigenvalue weighted by Gasteiger charge is -2.39. The van der Waals surface area contributed by atoms with E-state index in [1.807, 2.05) is 13.8 Å². The van der Waals surface area contributed by atoms with Gasteiger partial charge in [0, 0.05) is 12.0 Å². The quantitative estimate of drug-likeness (QED) is 0.733. The van der Waals surface area contributed by atoms with Crippen molar-refractivity contribution in [2.45, 2.75) is 51.8 Å². The molecule has 0 spiro atoms. The van der Waals surface area contributed by atoms with Crippen LogP contribution in [0, 0.1) is 0 Å². The fraction of sp³-hybridized carbons (Fsp3) is 0.471. The third-order valence-electron chi connectivity index (χ3n) is 4.16. The Morgan fingerprint density at radius 1 is 1.32 bits per heavy atom. The minimum atomic E-state index is -4.42. The molecule has 1 aromatic rings. The van der Waals surface area contributed by atoms with Gasteiger partial charge in [0.1, 0.15) is 11.4 Å². The molecule has 0 atom stereocenters. The molecular formula is C17H19F3O2. The van der Waals surface area contributed by atoms with Gasteiger partial charge in [-0.3, -0.25) is 4.79 Å². The number of alkyl halides is 3. The van der Waals surface area contributed by atoms with Crippen molar-refractivity contribution in [2.24, 2.45) is 0 Å². The standard InChI is InChI=1S/C17H19F3O2/c1-4-16(5-2)10-12(8-11(3)21)14-7-6-13(17(18,19)20)9-15(14)22-16/h6-9H,4-5,10H2,1-3H3/b12-8+. The van der Waals surface area contributed by atoms with Crippen LogP contribution in [-0.4, -0.2) is 11.4 Å². The zero-order chi connectivity index (χ0) is 16.5. The molecule has 0 aliphatic carbocycles. The van der Waals surface area contributed by atoms with Gasteiger partial charge in [0.2, 0.25) is 0 Å². The fourth-order valence-electron chi connectivity index (χ4n) is 2.78. The van der Waals surface area contributed by atoms with E-state index < -0.39 is 17.3 Å². The van der Waals surface area contributed by atoms with Gasteiger partial charge in [-0.25, -0.2) is 0 Å². The van der Waals surface area contributed by atoms with Gasteiger partial charge in [0.25, 0.3) is 0 Å². The summed E-state index contributed by atoms with van der Waals surface area (Å²) in [4.78, 5) is 11.4. The Morgan fingerprint density at radius 3 is 2.45 bits per heavy atom. The molecule has 0 saturated heterocycles. The molecule has 0 amide bonds. The van der Waals surface area contributed by atoms with E-state index in [0.717, 1.165) is 17.7 Å². The van der Waals surface area contributed by atoms with Gasteiger partial charge in [-0.05, 0) is 43.5 Å². The second kappa shape index (κ2) is 5.78. The molecule has 0 saturated carbocycles. The van der Waals surface area contributed by atoms with Crippen LogP contribution < -0.4 is 4.74 Å². The molecule has 2 nitrogen and oxygen atoms in total. The monoisotopic (exact) mass is 312 g/mol. The van der Waals surface area contributed by atoms with E-state index in [1.54, 1.807) is 0 Å². The molecule has 2 rings (SSSR count). The van der Waals surface area contributed by atoms with Crippen LogP contribution in [0.25, 0.3) is 5.57 Å². The Bertz CT molecular complexity index is 611. The molecule has 1 aliphatic rings. The largest absolute Gasteiger partial charge is 0.486 e. The highest BCUT2D eigenvalue weighted by Gasteiger charge is 2.38. The Kier molecular flexibility index (Phi) is 4.36.